The van der Waals surface area contributed by atoms with Gasteiger partial charge in [-0.15, -0.1) is 0 Å². The molecule has 0 N–H and O–H groups in total. The van der Waals surface area contributed by atoms with Gasteiger partial charge in [0.2, 0.25) is 0 Å². The lowest BCUT2D eigenvalue weighted by Gasteiger charge is -1.76. The summed E-state index contributed by atoms with van der Waals surface area (Å²) < 4.78 is 9.89. The van der Waals surface area contributed by atoms with Crippen LogP contribution in [0, 0.1) is 0 Å². The van der Waals surface area contributed by atoms with Gasteiger partial charge in [-0.05, 0) is 25.7 Å². The molecule has 0 amide bonds. The number of ether oxygens (including phenoxy) is 2. The van der Waals surface area contributed by atoms with Gasteiger partial charge in [0, 0.05) is 49.5 Å². The van der Waals surface area contributed by atoms with Crippen LogP contribution in [0.25, 0.3) is 0 Å². The topological polar surface area (TPSA) is 18.5 Å². The molecule has 2 saturated heterocycles. The predicted molar refractivity (Wildman–Crippen MR) is 66.3 cm³/mol. The van der Waals surface area contributed by atoms with Crippen molar-refractivity contribution in [1.29, 1.82) is 0 Å². The molecule has 2 fully saturated rings. The van der Waals surface area contributed by atoms with Crippen LogP contribution in [0.3, 0.4) is 0 Å². The Kier molecular flexibility index (Phi) is 19.4. The quantitative estimate of drug-likeness (QED) is 0.502. The first-order valence-electron chi connectivity index (χ1n) is 5.30. The van der Waals surface area contributed by atoms with E-state index in [0.29, 0.717) is 0 Å². The summed E-state index contributed by atoms with van der Waals surface area (Å²) in [6.45, 7) is 10.7. The van der Waals surface area contributed by atoms with Crippen LogP contribution in [-0.2, 0) is 9.47 Å². The van der Waals surface area contributed by atoms with Gasteiger partial charge >= 0.3 is 0 Å². The van der Waals surface area contributed by atoms with Crippen molar-refractivity contribution in [2.75, 3.05) is 26.4 Å². The van der Waals surface area contributed by atoms with Gasteiger partial charge in [0.15, 0.2) is 0 Å². The lowest BCUT2D eigenvalue weighted by atomic mass is 10.4. The third-order valence-corrected chi connectivity index (χ3v) is 1.82. The molecule has 0 bridgehead atoms. The SMILES string of the molecule is C1CCOC1.C1CCOC1.C=CC=C.[Mg]. The van der Waals surface area contributed by atoms with Gasteiger partial charge in [0.25, 0.3) is 0 Å². The summed E-state index contributed by atoms with van der Waals surface area (Å²) in [7, 11) is 0. The molecule has 2 aliphatic rings. The molecule has 0 aromatic heterocycles. The van der Waals surface area contributed by atoms with E-state index in [0.717, 1.165) is 26.4 Å². The van der Waals surface area contributed by atoms with Crippen molar-refractivity contribution in [2.24, 2.45) is 0 Å². The summed E-state index contributed by atoms with van der Waals surface area (Å²) in [5.41, 5.74) is 0. The summed E-state index contributed by atoms with van der Waals surface area (Å²) in [6, 6.07) is 0. The summed E-state index contributed by atoms with van der Waals surface area (Å²) >= 11 is 0. The molecule has 2 heterocycles. The zero-order valence-electron chi connectivity index (χ0n) is 9.75. The largest absolute Gasteiger partial charge is 0.381 e. The van der Waals surface area contributed by atoms with Gasteiger partial charge in [-0.3, -0.25) is 0 Å². The lowest BCUT2D eigenvalue weighted by molar-refractivity contribution is 0.198. The van der Waals surface area contributed by atoms with Crippen molar-refractivity contribution in [3.05, 3.63) is 25.3 Å². The number of allylic oxidation sites excluding steroid dienone is 2. The van der Waals surface area contributed by atoms with E-state index in [1.165, 1.54) is 25.7 Å². The Labute approximate surface area is 110 Å². The van der Waals surface area contributed by atoms with Crippen molar-refractivity contribution in [3.63, 3.8) is 0 Å². The highest BCUT2D eigenvalue weighted by atomic mass is 24.3. The zero-order valence-corrected chi connectivity index (χ0v) is 11.2. The molecular weight excluding hydrogens is 200 g/mol. The van der Waals surface area contributed by atoms with Gasteiger partial charge in [-0.25, -0.2) is 0 Å². The second-order valence-corrected chi connectivity index (χ2v) is 3.11. The Morgan fingerprint density at radius 2 is 0.933 bits per heavy atom. The first-order chi connectivity index (χ1) is 6.91. The van der Waals surface area contributed by atoms with E-state index in [1.807, 2.05) is 0 Å². The van der Waals surface area contributed by atoms with E-state index in [9.17, 15) is 0 Å². The first kappa shape index (κ1) is 17.6. The molecule has 0 atom stereocenters. The summed E-state index contributed by atoms with van der Waals surface area (Å²) in [5, 5.41) is 0. The van der Waals surface area contributed by atoms with Crippen molar-refractivity contribution in [1.82, 2.24) is 0 Å². The van der Waals surface area contributed by atoms with E-state index < -0.39 is 0 Å². The molecule has 0 aliphatic carbocycles. The highest BCUT2D eigenvalue weighted by Gasteiger charge is 1.95. The molecule has 0 aromatic rings. The van der Waals surface area contributed by atoms with E-state index >= 15 is 0 Å². The smallest absolute Gasteiger partial charge is 0.0466 e. The maximum absolute atomic E-state index is 4.94. The van der Waals surface area contributed by atoms with Crippen LogP contribution in [-0.4, -0.2) is 49.5 Å². The minimum absolute atomic E-state index is 0. The fourth-order valence-corrected chi connectivity index (χ4v) is 1.02. The molecule has 2 nitrogen and oxygen atoms in total. The maximum Gasteiger partial charge on any atom is 0.0466 e. The van der Waals surface area contributed by atoms with Crippen LogP contribution in [0.5, 0.6) is 0 Å². The summed E-state index contributed by atoms with van der Waals surface area (Å²) in [5.74, 6) is 0. The molecule has 2 aliphatic heterocycles. The highest BCUT2D eigenvalue weighted by Crippen LogP contribution is 1.98. The lowest BCUT2D eigenvalue weighted by Crippen LogP contribution is -1.74. The summed E-state index contributed by atoms with van der Waals surface area (Å²) in [4.78, 5) is 0. The van der Waals surface area contributed by atoms with Gasteiger partial charge in [-0.1, -0.05) is 25.3 Å². The van der Waals surface area contributed by atoms with Gasteiger partial charge in [-0.2, -0.15) is 0 Å². The molecule has 0 aromatic carbocycles. The number of hydrogen-bond acceptors (Lipinski definition) is 2. The van der Waals surface area contributed by atoms with Crippen LogP contribution in [0.2, 0.25) is 0 Å². The fourth-order valence-electron chi connectivity index (χ4n) is 1.02. The van der Waals surface area contributed by atoms with Crippen LogP contribution in [0.4, 0.5) is 0 Å². The van der Waals surface area contributed by atoms with Crippen molar-refractivity contribution in [3.8, 4) is 0 Å². The van der Waals surface area contributed by atoms with E-state index in [2.05, 4.69) is 13.2 Å². The maximum atomic E-state index is 4.94. The van der Waals surface area contributed by atoms with Crippen molar-refractivity contribution in [2.45, 2.75) is 25.7 Å². The Morgan fingerprint density at radius 1 is 0.667 bits per heavy atom. The van der Waals surface area contributed by atoms with Crippen LogP contribution >= 0.6 is 0 Å². The highest BCUT2D eigenvalue weighted by molar-refractivity contribution is 5.75. The molecule has 0 spiro atoms. The van der Waals surface area contributed by atoms with Crippen molar-refractivity contribution >= 4 is 23.1 Å². The molecule has 2 radical (unpaired) electrons. The minimum Gasteiger partial charge on any atom is -0.381 e. The van der Waals surface area contributed by atoms with E-state index in [4.69, 9.17) is 9.47 Å². The Bertz CT molecular complexity index is 98.4. The Morgan fingerprint density at radius 3 is 1.00 bits per heavy atom. The molecule has 0 unspecified atom stereocenters. The normalized spacial score (nSPS) is 17.3. The third-order valence-electron chi connectivity index (χ3n) is 1.82. The average Bonchev–Trinajstić information content (AvgIpc) is 2.94. The zero-order chi connectivity index (χ0) is 10.5. The van der Waals surface area contributed by atoms with E-state index in [-0.39, 0.29) is 23.1 Å². The standard InChI is InChI=1S/2C4H8O.C4H6.Mg/c2*1-2-4-5-3-1;1-3-4-2;/h2*1-4H2;3-4H,1-2H2;. The third kappa shape index (κ3) is 16.8. The van der Waals surface area contributed by atoms with Gasteiger partial charge in [0.05, 0.1) is 0 Å². The Hall–Kier alpha value is 0.166. The second-order valence-electron chi connectivity index (χ2n) is 3.11. The van der Waals surface area contributed by atoms with E-state index in [1.54, 1.807) is 12.2 Å². The predicted octanol–water partition coefficient (Wildman–Crippen LogP) is 2.57. The molecule has 0 saturated carbocycles. The second kappa shape index (κ2) is 16.6. The van der Waals surface area contributed by atoms with Gasteiger partial charge in [0.1, 0.15) is 0 Å². The number of rotatable bonds is 1. The molecule has 84 valence electrons. The summed E-state index contributed by atoms with van der Waals surface area (Å²) in [6.07, 6.45) is 8.39. The average molecular weight is 223 g/mol. The molecule has 3 heteroatoms. The van der Waals surface area contributed by atoms with Gasteiger partial charge < -0.3 is 9.47 Å². The monoisotopic (exact) mass is 222 g/mol. The minimum atomic E-state index is 0. The van der Waals surface area contributed by atoms with Crippen molar-refractivity contribution < 1.29 is 9.47 Å². The van der Waals surface area contributed by atoms with Crippen LogP contribution in [0.15, 0.2) is 25.3 Å². The molecule has 15 heavy (non-hydrogen) atoms. The van der Waals surface area contributed by atoms with Crippen LogP contribution in [0.1, 0.15) is 25.7 Å². The Balaban J connectivity index is 0. The molecule has 2 rings (SSSR count). The first-order valence-corrected chi connectivity index (χ1v) is 5.30. The molecular formula is C12H22MgO2. The number of hydrogen-bond donors (Lipinski definition) is 0. The fraction of sp³-hybridized carbons (Fsp3) is 0.667. The van der Waals surface area contributed by atoms with Crippen LogP contribution < -0.4 is 0 Å².